The number of carbonyl (C=O) groups is 1. The quantitative estimate of drug-likeness (QED) is 0.310. The van der Waals surface area contributed by atoms with Crippen LogP contribution in [0.25, 0.3) is 0 Å². The van der Waals surface area contributed by atoms with Crippen LogP contribution in [-0.4, -0.2) is 33.8 Å². The summed E-state index contributed by atoms with van der Waals surface area (Å²) in [5, 5.41) is 17.6. The zero-order valence-electron chi connectivity index (χ0n) is 19.8. The Morgan fingerprint density at radius 3 is 2.38 bits per heavy atom. The summed E-state index contributed by atoms with van der Waals surface area (Å²) < 4.78 is 0. The molecule has 1 amide bonds. The van der Waals surface area contributed by atoms with E-state index in [1.165, 1.54) is 11.6 Å². The minimum atomic E-state index is -0.487. The van der Waals surface area contributed by atoms with Gasteiger partial charge in [0.2, 0.25) is 0 Å². The van der Waals surface area contributed by atoms with E-state index in [1.54, 1.807) is 18.3 Å². The fraction of sp³-hybridized carbons (Fsp3) is 0.308. The Bertz CT molecular complexity index is 1100. The van der Waals surface area contributed by atoms with Crippen molar-refractivity contribution in [3.8, 4) is 0 Å². The topological polar surface area (TPSA) is 100 Å². The molecular weight excluding hydrogens is 430 g/mol. The zero-order valence-corrected chi connectivity index (χ0v) is 19.8. The smallest absolute Gasteiger partial charge is 0.293 e. The van der Waals surface area contributed by atoms with Gasteiger partial charge in [0.25, 0.3) is 11.6 Å². The fourth-order valence-corrected chi connectivity index (χ4v) is 3.64. The summed E-state index contributed by atoms with van der Waals surface area (Å²) >= 11 is 0. The predicted octanol–water partition coefficient (Wildman–Crippen LogP) is 4.93. The molecule has 3 aromatic rings. The monoisotopic (exact) mass is 461 g/mol. The third-order valence-corrected chi connectivity index (χ3v) is 5.74. The lowest BCUT2D eigenvalue weighted by atomic mass is 10.1. The van der Waals surface area contributed by atoms with Gasteiger partial charge in [-0.1, -0.05) is 44.2 Å². The first-order valence-corrected chi connectivity index (χ1v) is 11.5. The highest BCUT2D eigenvalue weighted by Crippen LogP contribution is 2.29. The van der Waals surface area contributed by atoms with E-state index in [-0.39, 0.29) is 23.2 Å². The molecule has 34 heavy (non-hydrogen) atoms. The molecule has 0 aliphatic heterocycles. The molecule has 1 heterocycles. The number of amides is 1. The molecule has 0 aliphatic rings. The van der Waals surface area contributed by atoms with Crippen molar-refractivity contribution in [3.63, 3.8) is 0 Å². The average molecular weight is 462 g/mol. The number of nitrogens with one attached hydrogen (secondary N) is 2. The number of hydrogen-bond donors (Lipinski definition) is 2. The van der Waals surface area contributed by atoms with Crippen molar-refractivity contribution in [1.82, 2.24) is 15.2 Å². The minimum absolute atomic E-state index is 0.156. The number of hydrogen-bond acceptors (Lipinski definition) is 6. The average Bonchev–Trinajstić information content (AvgIpc) is 2.87. The second-order valence-electron chi connectivity index (χ2n) is 8.07. The van der Waals surface area contributed by atoms with Crippen molar-refractivity contribution in [3.05, 3.63) is 99.4 Å². The van der Waals surface area contributed by atoms with E-state index < -0.39 is 4.92 Å². The second-order valence-corrected chi connectivity index (χ2v) is 8.07. The maximum Gasteiger partial charge on any atom is 0.293 e. The number of carbonyl (C=O) groups excluding carboxylic acids is 1. The number of aromatic nitrogens is 1. The van der Waals surface area contributed by atoms with Gasteiger partial charge in [-0.25, -0.2) is 0 Å². The van der Waals surface area contributed by atoms with Gasteiger partial charge in [0.05, 0.1) is 16.7 Å². The van der Waals surface area contributed by atoms with Crippen LogP contribution in [0, 0.1) is 10.1 Å². The van der Waals surface area contributed by atoms with Crippen LogP contribution >= 0.6 is 0 Å². The van der Waals surface area contributed by atoms with E-state index in [0.717, 1.165) is 30.9 Å². The van der Waals surface area contributed by atoms with Gasteiger partial charge in [0.15, 0.2) is 0 Å². The molecule has 0 spiro atoms. The van der Waals surface area contributed by atoms with Gasteiger partial charge in [0.1, 0.15) is 5.69 Å². The van der Waals surface area contributed by atoms with Crippen LogP contribution in [0.15, 0.2) is 66.9 Å². The van der Waals surface area contributed by atoms with E-state index >= 15 is 0 Å². The molecule has 8 nitrogen and oxygen atoms in total. The van der Waals surface area contributed by atoms with Crippen LogP contribution in [0.5, 0.6) is 0 Å². The molecule has 0 saturated carbocycles. The van der Waals surface area contributed by atoms with E-state index in [9.17, 15) is 14.9 Å². The summed E-state index contributed by atoms with van der Waals surface area (Å²) in [4.78, 5) is 30.5. The maximum atomic E-state index is 12.7. The van der Waals surface area contributed by atoms with Gasteiger partial charge in [-0.2, -0.15) is 0 Å². The first kappa shape index (κ1) is 24.9. The molecule has 0 saturated heterocycles. The van der Waals surface area contributed by atoms with Crippen molar-refractivity contribution in [1.29, 1.82) is 0 Å². The van der Waals surface area contributed by atoms with E-state index in [0.29, 0.717) is 12.2 Å². The Labute approximate surface area is 200 Å². The van der Waals surface area contributed by atoms with Crippen LogP contribution in [0.3, 0.4) is 0 Å². The molecule has 2 N–H and O–H groups in total. The highest BCUT2D eigenvalue weighted by atomic mass is 16.6. The summed E-state index contributed by atoms with van der Waals surface area (Å²) in [6.45, 7) is 9.38. The molecule has 1 aromatic heterocycles. The molecule has 1 atom stereocenters. The number of benzene rings is 2. The van der Waals surface area contributed by atoms with Gasteiger partial charge in [-0.05, 0) is 55.4 Å². The van der Waals surface area contributed by atoms with Crippen LogP contribution in [0.2, 0.25) is 0 Å². The summed E-state index contributed by atoms with van der Waals surface area (Å²) in [5.41, 5.74) is 3.37. The van der Waals surface area contributed by atoms with E-state index in [2.05, 4.69) is 46.5 Å². The molecule has 2 aromatic carbocycles. The number of nitro benzene ring substituents is 1. The molecule has 0 aliphatic carbocycles. The molecule has 1 unspecified atom stereocenters. The Morgan fingerprint density at radius 2 is 1.76 bits per heavy atom. The standard InChI is InChI=1S/C26H31N5O3/c1-4-30(5-2)18-21-11-9-20(10-12-21)17-28-26(32)22-13-14-24(25(16-22)31(33)34)29-19(3)23-8-6-7-15-27-23/h6-16,19,29H,4-5,17-18H2,1-3H3,(H,28,32). The van der Waals surface area contributed by atoms with Gasteiger partial charge in [0, 0.05) is 30.9 Å². The molecule has 0 bridgehead atoms. The van der Waals surface area contributed by atoms with Gasteiger partial charge < -0.3 is 10.6 Å². The van der Waals surface area contributed by atoms with Crippen LogP contribution in [0.4, 0.5) is 11.4 Å². The number of nitrogens with zero attached hydrogens (tertiary/aromatic N) is 3. The highest BCUT2D eigenvalue weighted by Gasteiger charge is 2.19. The summed E-state index contributed by atoms with van der Waals surface area (Å²) in [5.74, 6) is -0.361. The molecule has 8 heteroatoms. The lowest BCUT2D eigenvalue weighted by molar-refractivity contribution is -0.384. The molecular formula is C26H31N5O3. The minimum Gasteiger partial charge on any atom is -0.371 e. The third kappa shape index (κ3) is 6.62. The van der Waals surface area contributed by atoms with Crippen molar-refractivity contribution >= 4 is 17.3 Å². The fourth-order valence-electron chi connectivity index (χ4n) is 3.64. The Kier molecular flexibility index (Phi) is 8.70. The predicted molar refractivity (Wildman–Crippen MR) is 134 cm³/mol. The number of nitro groups is 1. The van der Waals surface area contributed by atoms with Crippen LogP contribution in [-0.2, 0) is 13.1 Å². The van der Waals surface area contributed by atoms with E-state index in [1.807, 2.05) is 37.3 Å². The maximum absolute atomic E-state index is 12.7. The number of anilines is 1. The van der Waals surface area contributed by atoms with Crippen LogP contribution in [0.1, 0.15) is 54.0 Å². The van der Waals surface area contributed by atoms with Crippen molar-refractivity contribution in [2.45, 2.75) is 39.9 Å². The summed E-state index contributed by atoms with van der Waals surface area (Å²) in [7, 11) is 0. The van der Waals surface area contributed by atoms with Gasteiger partial charge in [-0.3, -0.25) is 24.8 Å². The number of pyridine rings is 1. The molecule has 178 valence electrons. The Hall–Kier alpha value is -3.78. The van der Waals surface area contributed by atoms with Gasteiger partial charge >= 0.3 is 0 Å². The van der Waals surface area contributed by atoms with Crippen molar-refractivity contribution in [2.24, 2.45) is 0 Å². The van der Waals surface area contributed by atoms with E-state index in [4.69, 9.17) is 0 Å². The Morgan fingerprint density at radius 1 is 1.06 bits per heavy atom. The Balaban J connectivity index is 1.64. The van der Waals surface area contributed by atoms with Gasteiger partial charge in [-0.15, -0.1) is 0 Å². The lowest BCUT2D eigenvalue weighted by Gasteiger charge is -2.18. The SMILES string of the molecule is CCN(CC)Cc1ccc(CNC(=O)c2ccc(NC(C)c3ccccn3)c([N+](=O)[O-])c2)cc1. The molecule has 0 fully saturated rings. The number of rotatable bonds is 11. The summed E-state index contributed by atoms with van der Waals surface area (Å²) in [6.07, 6.45) is 1.67. The molecule has 3 rings (SSSR count). The third-order valence-electron chi connectivity index (χ3n) is 5.74. The molecule has 0 radical (unpaired) electrons. The first-order chi connectivity index (χ1) is 16.4. The normalized spacial score (nSPS) is 11.8. The second kappa shape index (κ2) is 11.9. The van der Waals surface area contributed by atoms with Crippen molar-refractivity contribution < 1.29 is 9.72 Å². The zero-order chi connectivity index (χ0) is 24.5. The summed E-state index contributed by atoms with van der Waals surface area (Å²) in [6, 6.07) is 17.9. The highest BCUT2D eigenvalue weighted by molar-refractivity contribution is 5.95. The van der Waals surface area contributed by atoms with Crippen molar-refractivity contribution in [2.75, 3.05) is 18.4 Å². The first-order valence-electron chi connectivity index (χ1n) is 11.5. The lowest BCUT2D eigenvalue weighted by Crippen LogP contribution is -2.23. The van der Waals surface area contributed by atoms with Crippen LogP contribution < -0.4 is 10.6 Å². The largest absolute Gasteiger partial charge is 0.371 e.